The summed E-state index contributed by atoms with van der Waals surface area (Å²) in [5.41, 5.74) is 0.779. The van der Waals surface area contributed by atoms with Crippen LogP contribution in [0.15, 0.2) is 18.5 Å². The summed E-state index contributed by atoms with van der Waals surface area (Å²) in [6.45, 7) is 0. The van der Waals surface area contributed by atoms with E-state index < -0.39 is 0 Å². The Labute approximate surface area is 74.3 Å². The van der Waals surface area contributed by atoms with Gasteiger partial charge in [-0.05, 0) is 6.07 Å². The van der Waals surface area contributed by atoms with Crippen LogP contribution >= 0.6 is 11.6 Å². The maximum atomic E-state index is 5.87. The zero-order chi connectivity index (χ0) is 8.55. The maximum absolute atomic E-state index is 5.87. The minimum Gasteiger partial charge on any atom is -0.495 e. The molecule has 2 rings (SSSR count). The van der Waals surface area contributed by atoms with Crippen molar-refractivity contribution in [3.05, 3.63) is 23.5 Å². The highest BCUT2D eigenvalue weighted by Gasteiger charge is 2.02. The molecular formula is C8H7ClN2O. The normalized spacial score (nSPS) is 10.5. The van der Waals surface area contributed by atoms with Crippen LogP contribution in [0.2, 0.25) is 5.02 Å². The first-order valence-electron chi connectivity index (χ1n) is 3.48. The van der Waals surface area contributed by atoms with Gasteiger partial charge in [-0.2, -0.15) is 0 Å². The summed E-state index contributed by atoms with van der Waals surface area (Å²) in [6, 6.07) is 1.85. The van der Waals surface area contributed by atoms with E-state index in [1.54, 1.807) is 19.5 Å². The fraction of sp³-hybridized carbons (Fsp3) is 0.125. The molecule has 0 radical (unpaired) electrons. The van der Waals surface area contributed by atoms with Gasteiger partial charge in [0, 0.05) is 11.6 Å². The van der Waals surface area contributed by atoms with Gasteiger partial charge in [0.2, 0.25) is 0 Å². The van der Waals surface area contributed by atoms with Gasteiger partial charge in [0.1, 0.15) is 11.4 Å². The lowest BCUT2D eigenvalue weighted by Crippen LogP contribution is -1.83. The first-order valence-corrected chi connectivity index (χ1v) is 3.85. The minimum absolute atomic E-state index is 0.663. The van der Waals surface area contributed by atoms with Gasteiger partial charge in [0.05, 0.1) is 18.3 Å². The summed E-state index contributed by atoms with van der Waals surface area (Å²) in [6.07, 6.45) is 3.35. The van der Waals surface area contributed by atoms with Crippen molar-refractivity contribution in [3.63, 3.8) is 0 Å². The molecule has 3 nitrogen and oxygen atoms in total. The summed E-state index contributed by atoms with van der Waals surface area (Å²) >= 11 is 5.87. The third-order valence-corrected chi connectivity index (χ3v) is 2.00. The van der Waals surface area contributed by atoms with Gasteiger partial charge in [-0.25, -0.2) is 4.98 Å². The number of nitrogens with zero attached hydrogens (tertiary/aromatic N) is 1. The number of hydrogen-bond acceptors (Lipinski definition) is 2. The number of methoxy groups -OCH3 is 1. The summed E-state index contributed by atoms with van der Waals surface area (Å²) in [7, 11) is 1.60. The van der Waals surface area contributed by atoms with Crippen molar-refractivity contribution in [2.24, 2.45) is 0 Å². The lowest BCUT2D eigenvalue weighted by molar-refractivity contribution is 0.413. The van der Waals surface area contributed by atoms with E-state index in [1.165, 1.54) is 0 Å². The van der Waals surface area contributed by atoms with E-state index in [0.29, 0.717) is 10.8 Å². The van der Waals surface area contributed by atoms with Gasteiger partial charge in [0.25, 0.3) is 0 Å². The first-order chi connectivity index (χ1) is 5.81. The number of aromatic nitrogens is 2. The highest BCUT2D eigenvalue weighted by Crippen LogP contribution is 2.24. The number of halogens is 1. The van der Waals surface area contributed by atoms with Gasteiger partial charge < -0.3 is 9.72 Å². The molecule has 0 aromatic carbocycles. The van der Waals surface area contributed by atoms with E-state index in [9.17, 15) is 0 Å². The SMILES string of the molecule is COc1cnc2[nH]cc(Cl)c2c1. The molecule has 0 saturated carbocycles. The van der Waals surface area contributed by atoms with Crippen molar-refractivity contribution in [3.8, 4) is 5.75 Å². The van der Waals surface area contributed by atoms with Gasteiger partial charge in [0.15, 0.2) is 0 Å². The predicted molar refractivity (Wildman–Crippen MR) is 47.7 cm³/mol. The third-order valence-electron chi connectivity index (χ3n) is 1.69. The zero-order valence-corrected chi connectivity index (χ0v) is 7.22. The van der Waals surface area contributed by atoms with Crippen molar-refractivity contribution >= 4 is 22.6 Å². The molecule has 2 aromatic heterocycles. The molecule has 0 fully saturated rings. The summed E-state index contributed by atoms with van der Waals surface area (Å²) < 4.78 is 5.01. The quantitative estimate of drug-likeness (QED) is 0.735. The number of rotatable bonds is 1. The van der Waals surface area contributed by atoms with Crippen LogP contribution in [0.4, 0.5) is 0 Å². The topological polar surface area (TPSA) is 37.9 Å². The van der Waals surface area contributed by atoms with Crippen LogP contribution in [0.3, 0.4) is 0 Å². The Balaban J connectivity index is 2.71. The van der Waals surface area contributed by atoms with Crippen LogP contribution in [0.1, 0.15) is 0 Å². The molecule has 12 heavy (non-hydrogen) atoms. The maximum Gasteiger partial charge on any atom is 0.139 e. The van der Waals surface area contributed by atoms with Gasteiger partial charge in [-0.15, -0.1) is 0 Å². The molecule has 0 atom stereocenters. The lowest BCUT2D eigenvalue weighted by atomic mass is 10.3. The molecule has 4 heteroatoms. The highest BCUT2D eigenvalue weighted by atomic mass is 35.5. The molecule has 2 aromatic rings. The van der Waals surface area contributed by atoms with Gasteiger partial charge in [-0.1, -0.05) is 11.6 Å². The lowest BCUT2D eigenvalue weighted by Gasteiger charge is -1.97. The number of ether oxygens (including phenoxy) is 1. The molecule has 1 N–H and O–H groups in total. The van der Waals surface area contributed by atoms with Crippen LogP contribution in [0.25, 0.3) is 11.0 Å². The van der Waals surface area contributed by atoms with E-state index in [-0.39, 0.29) is 0 Å². The van der Waals surface area contributed by atoms with E-state index in [2.05, 4.69) is 9.97 Å². The number of nitrogens with one attached hydrogen (secondary N) is 1. The molecule has 62 valence electrons. The summed E-state index contributed by atoms with van der Waals surface area (Å²) in [4.78, 5) is 7.05. The number of hydrogen-bond donors (Lipinski definition) is 1. The molecule has 0 spiro atoms. The van der Waals surface area contributed by atoms with Gasteiger partial charge in [-0.3, -0.25) is 0 Å². The number of aromatic amines is 1. The number of H-pyrrole nitrogens is 1. The molecule has 0 saturated heterocycles. The third kappa shape index (κ3) is 1.02. The van der Waals surface area contributed by atoms with E-state index in [1.807, 2.05) is 6.07 Å². The number of pyridine rings is 1. The Morgan fingerprint density at radius 1 is 1.58 bits per heavy atom. The summed E-state index contributed by atoms with van der Waals surface area (Å²) in [5, 5.41) is 1.55. The molecule has 0 aliphatic heterocycles. The van der Waals surface area contributed by atoms with E-state index in [0.717, 1.165) is 11.0 Å². The second-order valence-electron chi connectivity index (χ2n) is 2.41. The Morgan fingerprint density at radius 2 is 2.42 bits per heavy atom. The fourth-order valence-corrected chi connectivity index (χ4v) is 1.26. The number of fused-ring (bicyclic) bond motifs is 1. The second-order valence-corrected chi connectivity index (χ2v) is 2.82. The average Bonchev–Trinajstić information content (AvgIpc) is 2.47. The van der Waals surface area contributed by atoms with Crippen molar-refractivity contribution in [1.29, 1.82) is 0 Å². The zero-order valence-electron chi connectivity index (χ0n) is 6.47. The Bertz CT molecular complexity index is 410. The van der Waals surface area contributed by atoms with Crippen LogP contribution in [0, 0.1) is 0 Å². The second kappa shape index (κ2) is 2.68. The molecular weight excluding hydrogens is 176 g/mol. The molecule has 0 unspecified atom stereocenters. The van der Waals surface area contributed by atoms with E-state index >= 15 is 0 Å². The van der Waals surface area contributed by atoms with Crippen LogP contribution in [-0.4, -0.2) is 17.1 Å². The van der Waals surface area contributed by atoms with Crippen LogP contribution in [-0.2, 0) is 0 Å². The fourth-order valence-electron chi connectivity index (χ4n) is 1.06. The Hall–Kier alpha value is -1.22. The first kappa shape index (κ1) is 7.43. The largest absolute Gasteiger partial charge is 0.495 e. The van der Waals surface area contributed by atoms with E-state index in [4.69, 9.17) is 16.3 Å². The van der Waals surface area contributed by atoms with Crippen molar-refractivity contribution in [2.45, 2.75) is 0 Å². The molecule has 0 amide bonds. The standard InChI is InChI=1S/C8H7ClN2O/c1-12-5-2-6-7(9)4-11-8(6)10-3-5/h2-4H,1H3,(H,10,11). The average molecular weight is 183 g/mol. The molecule has 0 aliphatic rings. The summed E-state index contributed by atoms with van der Waals surface area (Å²) in [5.74, 6) is 0.712. The van der Waals surface area contributed by atoms with Crippen LogP contribution < -0.4 is 4.74 Å². The van der Waals surface area contributed by atoms with Crippen molar-refractivity contribution < 1.29 is 4.74 Å². The highest BCUT2D eigenvalue weighted by molar-refractivity contribution is 6.35. The molecule has 0 bridgehead atoms. The molecule has 0 aliphatic carbocycles. The van der Waals surface area contributed by atoms with Crippen molar-refractivity contribution in [2.75, 3.05) is 7.11 Å². The van der Waals surface area contributed by atoms with Crippen LogP contribution in [0.5, 0.6) is 5.75 Å². The smallest absolute Gasteiger partial charge is 0.139 e. The Morgan fingerprint density at radius 3 is 3.17 bits per heavy atom. The predicted octanol–water partition coefficient (Wildman–Crippen LogP) is 2.22. The Kier molecular flexibility index (Phi) is 1.66. The molecule has 2 heterocycles. The van der Waals surface area contributed by atoms with Crippen molar-refractivity contribution in [1.82, 2.24) is 9.97 Å². The van der Waals surface area contributed by atoms with Gasteiger partial charge >= 0.3 is 0 Å². The monoisotopic (exact) mass is 182 g/mol. The minimum atomic E-state index is 0.663.